The third kappa shape index (κ3) is 3.32. The number of pyridine rings is 1. The number of rotatable bonds is 2. The number of carbonyl (C=O) groups is 1. The van der Waals surface area contributed by atoms with Gasteiger partial charge in [-0.2, -0.15) is 5.26 Å². The molecule has 6 heteroatoms. The molecule has 2 atom stereocenters. The molecule has 0 unspecified atom stereocenters. The van der Waals surface area contributed by atoms with E-state index in [1.807, 2.05) is 4.90 Å². The average molecular weight is 413 g/mol. The molecule has 154 valence electrons. The first-order chi connectivity index (χ1) is 15.0. The van der Waals surface area contributed by atoms with Gasteiger partial charge >= 0.3 is 0 Å². The topological polar surface area (TPSA) is 66.1 Å². The molecule has 3 aromatic rings. The van der Waals surface area contributed by atoms with Gasteiger partial charge in [-0.1, -0.05) is 18.2 Å². The van der Waals surface area contributed by atoms with E-state index in [2.05, 4.69) is 6.07 Å². The molecule has 1 fully saturated rings. The molecule has 3 heterocycles. The summed E-state index contributed by atoms with van der Waals surface area (Å²) >= 11 is 0. The fraction of sp³-hybridized carbons (Fsp3) is 0.240. The molecule has 0 radical (unpaired) electrons. The second-order valence-corrected chi connectivity index (χ2v) is 8.26. The minimum absolute atomic E-state index is 0.0432. The van der Waals surface area contributed by atoms with Crippen molar-refractivity contribution in [3.63, 3.8) is 0 Å². The summed E-state index contributed by atoms with van der Waals surface area (Å²) in [6, 6.07) is 18.5. The summed E-state index contributed by atoms with van der Waals surface area (Å²) in [4.78, 5) is 27.6. The number of benzene rings is 2. The van der Waals surface area contributed by atoms with Gasteiger partial charge in [-0.15, -0.1) is 0 Å². The normalized spacial score (nSPS) is 19.4. The third-order valence-corrected chi connectivity index (χ3v) is 6.30. The molecule has 5 nitrogen and oxygen atoms in total. The van der Waals surface area contributed by atoms with Crippen LogP contribution in [0, 0.1) is 23.1 Å². The van der Waals surface area contributed by atoms with E-state index in [0.29, 0.717) is 41.9 Å². The van der Waals surface area contributed by atoms with Crippen molar-refractivity contribution in [1.82, 2.24) is 9.47 Å². The van der Waals surface area contributed by atoms with Crippen LogP contribution in [0.5, 0.6) is 0 Å². The minimum atomic E-state index is -0.326. The Morgan fingerprint density at radius 1 is 0.968 bits per heavy atom. The molecular weight excluding hydrogens is 393 g/mol. The highest BCUT2D eigenvalue weighted by Crippen LogP contribution is 2.40. The number of hydrogen-bond donors (Lipinski definition) is 0. The van der Waals surface area contributed by atoms with Gasteiger partial charge < -0.3 is 9.47 Å². The average Bonchev–Trinajstić information content (AvgIpc) is 2.80. The number of fused-ring (bicyclic) bond motifs is 4. The Bertz CT molecular complexity index is 1270. The number of hydrogen-bond acceptors (Lipinski definition) is 3. The van der Waals surface area contributed by atoms with Gasteiger partial charge in [-0.3, -0.25) is 9.59 Å². The van der Waals surface area contributed by atoms with Gasteiger partial charge in [0.1, 0.15) is 5.82 Å². The van der Waals surface area contributed by atoms with Crippen LogP contribution in [0.3, 0.4) is 0 Å². The van der Waals surface area contributed by atoms with Crippen molar-refractivity contribution >= 4 is 5.91 Å². The van der Waals surface area contributed by atoms with Crippen molar-refractivity contribution in [2.75, 3.05) is 13.1 Å². The first-order valence-electron chi connectivity index (χ1n) is 10.3. The van der Waals surface area contributed by atoms with Gasteiger partial charge in [0, 0.05) is 54.0 Å². The van der Waals surface area contributed by atoms with Crippen molar-refractivity contribution in [1.29, 1.82) is 5.26 Å². The third-order valence-electron chi connectivity index (χ3n) is 6.30. The maximum atomic E-state index is 14.6. The number of piperidine rings is 1. The van der Waals surface area contributed by atoms with Crippen molar-refractivity contribution < 1.29 is 9.18 Å². The second-order valence-electron chi connectivity index (χ2n) is 8.26. The molecule has 1 aromatic heterocycles. The van der Waals surface area contributed by atoms with E-state index in [0.717, 1.165) is 12.1 Å². The van der Waals surface area contributed by atoms with Crippen LogP contribution in [0.4, 0.5) is 4.39 Å². The van der Waals surface area contributed by atoms with Gasteiger partial charge in [0.15, 0.2) is 0 Å². The summed E-state index contributed by atoms with van der Waals surface area (Å²) in [5, 5.41) is 8.98. The second kappa shape index (κ2) is 7.51. The molecule has 31 heavy (non-hydrogen) atoms. The highest BCUT2D eigenvalue weighted by atomic mass is 19.1. The van der Waals surface area contributed by atoms with E-state index in [9.17, 15) is 14.0 Å². The lowest BCUT2D eigenvalue weighted by atomic mass is 9.80. The summed E-state index contributed by atoms with van der Waals surface area (Å²) in [5.74, 6) is -0.286. The number of halogens is 1. The van der Waals surface area contributed by atoms with Crippen LogP contribution in [0.1, 0.15) is 34.0 Å². The zero-order valence-corrected chi connectivity index (χ0v) is 16.8. The molecule has 0 aliphatic carbocycles. The number of nitriles is 1. The van der Waals surface area contributed by atoms with E-state index in [1.165, 1.54) is 12.1 Å². The molecular formula is C25H20FN3O2. The molecule has 1 amide bonds. The first kappa shape index (κ1) is 19.3. The smallest absolute Gasteiger partial charge is 0.253 e. The molecule has 0 saturated carbocycles. The Morgan fingerprint density at radius 3 is 2.48 bits per heavy atom. The fourth-order valence-electron chi connectivity index (χ4n) is 4.96. The SMILES string of the molecule is N#Cc1ccc(C(=O)N2C[C@@H]3C[C@H](C2)c2c(-c4ccccc4F)ccc(=O)n2C3)cc1. The van der Waals surface area contributed by atoms with Crippen molar-refractivity contribution in [3.8, 4) is 17.2 Å². The number of nitrogens with zero attached hydrogens (tertiary/aromatic N) is 3. The zero-order valence-electron chi connectivity index (χ0n) is 16.8. The molecule has 2 aliphatic rings. The van der Waals surface area contributed by atoms with Crippen LogP contribution in [0.2, 0.25) is 0 Å². The van der Waals surface area contributed by atoms with E-state index in [1.54, 1.807) is 53.1 Å². The van der Waals surface area contributed by atoms with Gasteiger partial charge in [0.05, 0.1) is 11.6 Å². The maximum Gasteiger partial charge on any atom is 0.253 e. The summed E-state index contributed by atoms with van der Waals surface area (Å²) in [5.41, 5.74) is 2.96. The Balaban J connectivity index is 1.53. The number of amides is 1. The zero-order chi connectivity index (χ0) is 21.5. The van der Waals surface area contributed by atoms with E-state index >= 15 is 0 Å². The summed E-state index contributed by atoms with van der Waals surface area (Å²) in [6.07, 6.45) is 0.863. The number of likely N-dealkylation sites (tertiary alicyclic amines) is 1. The molecule has 2 bridgehead atoms. The molecule has 2 aromatic carbocycles. The lowest BCUT2D eigenvalue weighted by Gasteiger charge is -2.43. The van der Waals surface area contributed by atoms with Gasteiger partial charge in [0.25, 0.3) is 11.5 Å². The van der Waals surface area contributed by atoms with Crippen molar-refractivity contribution in [3.05, 3.63) is 93.7 Å². The summed E-state index contributed by atoms with van der Waals surface area (Å²) < 4.78 is 16.3. The lowest BCUT2D eigenvalue weighted by molar-refractivity contribution is 0.0595. The highest BCUT2D eigenvalue weighted by Gasteiger charge is 2.38. The van der Waals surface area contributed by atoms with Crippen LogP contribution in [-0.4, -0.2) is 28.5 Å². The highest BCUT2D eigenvalue weighted by molar-refractivity contribution is 5.94. The van der Waals surface area contributed by atoms with E-state index < -0.39 is 0 Å². The maximum absolute atomic E-state index is 14.6. The molecule has 2 aliphatic heterocycles. The van der Waals surface area contributed by atoms with Crippen LogP contribution in [0.15, 0.2) is 65.5 Å². The lowest BCUT2D eigenvalue weighted by Crippen LogP contribution is -2.49. The molecule has 5 rings (SSSR count). The van der Waals surface area contributed by atoms with E-state index in [-0.39, 0.29) is 29.1 Å². The quantitative estimate of drug-likeness (QED) is 0.642. The Morgan fingerprint density at radius 2 is 1.74 bits per heavy atom. The molecule has 0 N–H and O–H groups in total. The predicted octanol–water partition coefficient (Wildman–Crippen LogP) is 3.79. The van der Waals surface area contributed by atoms with Gasteiger partial charge in [0.2, 0.25) is 0 Å². The number of carbonyl (C=O) groups excluding carboxylic acids is 1. The monoisotopic (exact) mass is 413 g/mol. The summed E-state index contributed by atoms with van der Waals surface area (Å²) in [6.45, 7) is 1.56. The minimum Gasteiger partial charge on any atom is -0.338 e. The van der Waals surface area contributed by atoms with Crippen LogP contribution in [-0.2, 0) is 6.54 Å². The molecule has 1 saturated heterocycles. The Labute approximate surface area is 179 Å². The van der Waals surface area contributed by atoms with Gasteiger partial charge in [-0.05, 0) is 48.7 Å². The van der Waals surface area contributed by atoms with Crippen LogP contribution in [0.25, 0.3) is 11.1 Å². The van der Waals surface area contributed by atoms with Gasteiger partial charge in [-0.25, -0.2) is 4.39 Å². The van der Waals surface area contributed by atoms with Crippen LogP contribution < -0.4 is 5.56 Å². The van der Waals surface area contributed by atoms with Crippen LogP contribution >= 0.6 is 0 Å². The standard InChI is InChI=1S/C25H20FN3O2/c26-22-4-2-1-3-20(22)21-9-10-23(30)29-14-17-11-19(24(21)29)15-28(13-17)25(31)18-7-5-16(12-27)6-8-18/h1-10,17,19H,11,13-15H2/t17-,19+/m0/s1. The Kier molecular flexibility index (Phi) is 4.67. The van der Waals surface area contributed by atoms with Crippen molar-refractivity contribution in [2.45, 2.75) is 18.9 Å². The first-order valence-corrected chi connectivity index (χ1v) is 10.3. The molecule has 0 spiro atoms. The predicted molar refractivity (Wildman–Crippen MR) is 114 cm³/mol. The fourth-order valence-corrected chi connectivity index (χ4v) is 4.96. The van der Waals surface area contributed by atoms with Crippen molar-refractivity contribution in [2.24, 2.45) is 5.92 Å². The largest absolute Gasteiger partial charge is 0.338 e. The van der Waals surface area contributed by atoms with E-state index in [4.69, 9.17) is 5.26 Å². The Hall–Kier alpha value is -3.72. The summed E-state index contributed by atoms with van der Waals surface area (Å²) in [7, 11) is 0. The number of aromatic nitrogens is 1.